The van der Waals surface area contributed by atoms with Crippen LogP contribution in [0.4, 0.5) is 13.2 Å². The van der Waals surface area contributed by atoms with Crippen LogP contribution in [0.25, 0.3) is 0 Å². The molecule has 0 aliphatic carbocycles. The van der Waals surface area contributed by atoms with Gasteiger partial charge in [-0.1, -0.05) is 18.2 Å². The molecule has 2 unspecified atom stereocenters. The van der Waals surface area contributed by atoms with Gasteiger partial charge >= 0.3 is 0 Å². The number of hydrogen-bond acceptors (Lipinski definition) is 2. The third kappa shape index (κ3) is 6.69. The molecule has 148 valence electrons. The average molecular weight is 493 g/mol. The van der Waals surface area contributed by atoms with Gasteiger partial charge in [-0.05, 0) is 30.7 Å². The van der Waals surface area contributed by atoms with Crippen LogP contribution in [0.3, 0.4) is 0 Å². The van der Waals surface area contributed by atoms with E-state index in [1.165, 1.54) is 24.3 Å². The summed E-state index contributed by atoms with van der Waals surface area (Å²) in [6.07, 6.45) is -0.313. The summed E-state index contributed by atoms with van der Waals surface area (Å²) in [5.41, 5.74) is 1.14. The number of guanidine groups is 1. The van der Waals surface area contributed by atoms with Gasteiger partial charge in [-0.3, -0.25) is 4.99 Å². The maximum Gasteiger partial charge on any atom is 0.191 e. The molecular formula is C19H23F3IN3O. The molecule has 0 aromatic heterocycles. The number of rotatable bonds is 6. The van der Waals surface area contributed by atoms with E-state index in [9.17, 15) is 13.2 Å². The predicted octanol–water partition coefficient (Wildman–Crippen LogP) is 4.34. The van der Waals surface area contributed by atoms with E-state index in [2.05, 4.69) is 15.6 Å². The number of nitrogens with zero attached hydrogens (tertiary/aromatic N) is 1. The van der Waals surface area contributed by atoms with Crippen LogP contribution < -0.4 is 10.6 Å². The van der Waals surface area contributed by atoms with Crippen molar-refractivity contribution in [3.8, 4) is 0 Å². The first-order valence-corrected chi connectivity index (χ1v) is 8.15. The van der Waals surface area contributed by atoms with E-state index in [4.69, 9.17) is 4.74 Å². The summed E-state index contributed by atoms with van der Waals surface area (Å²) in [5.74, 6) is -1.13. The highest BCUT2D eigenvalue weighted by molar-refractivity contribution is 14.0. The number of hydrogen-bond donors (Lipinski definition) is 2. The summed E-state index contributed by atoms with van der Waals surface area (Å²) in [6.45, 7) is 2.12. The van der Waals surface area contributed by atoms with Crippen molar-refractivity contribution in [2.45, 2.75) is 19.1 Å². The van der Waals surface area contributed by atoms with Gasteiger partial charge in [0.1, 0.15) is 17.5 Å². The quantitative estimate of drug-likeness (QED) is 0.358. The molecular weight excluding hydrogens is 470 g/mol. The molecule has 27 heavy (non-hydrogen) atoms. The molecule has 2 rings (SSSR count). The zero-order chi connectivity index (χ0) is 19.1. The van der Waals surface area contributed by atoms with E-state index >= 15 is 0 Å². The molecule has 0 heterocycles. The lowest BCUT2D eigenvalue weighted by Crippen LogP contribution is -2.41. The normalized spacial score (nSPS) is 13.5. The highest BCUT2D eigenvalue weighted by Gasteiger charge is 2.15. The second-order valence-electron chi connectivity index (χ2n) is 5.76. The molecule has 0 aliphatic heterocycles. The Labute approximate surface area is 174 Å². The Morgan fingerprint density at radius 3 is 2.26 bits per heavy atom. The Morgan fingerprint density at radius 1 is 1.07 bits per heavy atom. The fraction of sp³-hybridized carbons (Fsp3) is 0.316. The molecule has 0 spiro atoms. The number of methoxy groups -OCH3 is 1. The van der Waals surface area contributed by atoms with Crippen molar-refractivity contribution in [3.63, 3.8) is 0 Å². The maximum atomic E-state index is 13.9. The molecule has 2 atom stereocenters. The Balaban J connectivity index is 0.00000364. The Kier molecular flexibility index (Phi) is 9.57. The third-order valence-electron chi connectivity index (χ3n) is 3.99. The number of halogens is 4. The van der Waals surface area contributed by atoms with Crippen molar-refractivity contribution in [2.24, 2.45) is 4.99 Å². The van der Waals surface area contributed by atoms with Crippen LogP contribution in [0.2, 0.25) is 0 Å². The Bertz CT molecular complexity index is 756. The molecule has 0 saturated heterocycles. The zero-order valence-corrected chi connectivity index (χ0v) is 17.6. The van der Waals surface area contributed by atoms with Gasteiger partial charge in [-0.2, -0.15) is 0 Å². The van der Waals surface area contributed by atoms with Gasteiger partial charge in [-0.15, -0.1) is 24.0 Å². The minimum Gasteiger partial charge on any atom is -0.375 e. The van der Waals surface area contributed by atoms with E-state index in [0.717, 1.165) is 11.6 Å². The second-order valence-corrected chi connectivity index (χ2v) is 5.76. The Hall–Kier alpha value is -1.81. The molecule has 2 N–H and O–H groups in total. The molecule has 0 amide bonds. The molecule has 0 saturated carbocycles. The zero-order valence-electron chi connectivity index (χ0n) is 15.3. The van der Waals surface area contributed by atoms with Crippen LogP contribution in [0.1, 0.15) is 30.2 Å². The summed E-state index contributed by atoms with van der Waals surface area (Å²) >= 11 is 0. The first-order chi connectivity index (χ1) is 12.4. The molecule has 4 nitrogen and oxygen atoms in total. The monoisotopic (exact) mass is 493 g/mol. The van der Waals surface area contributed by atoms with Gasteiger partial charge in [0.25, 0.3) is 0 Å². The highest BCUT2D eigenvalue weighted by atomic mass is 127. The number of benzene rings is 2. The lowest BCUT2D eigenvalue weighted by atomic mass is 10.1. The van der Waals surface area contributed by atoms with E-state index < -0.39 is 17.7 Å². The standard InChI is InChI=1S/C19H22F3N3O.HI/c1-12(16-9-8-15(21)10-17(16)22)25-19(23-2)24-11-18(26-3)13-4-6-14(20)7-5-13;/h4-10,12,18H,11H2,1-3H3,(H2,23,24,25);1H. The fourth-order valence-corrected chi connectivity index (χ4v) is 2.53. The first kappa shape index (κ1) is 23.2. The van der Waals surface area contributed by atoms with Crippen LogP contribution in [0, 0.1) is 17.5 Å². The molecule has 0 bridgehead atoms. The molecule has 8 heteroatoms. The third-order valence-corrected chi connectivity index (χ3v) is 3.99. The average Bonchev–Trinajstić information content (AvgIpc) is 2.62. The summed E-state index contributed by atoms with van der Waals surface area (Å²) in [7, 11) is 3.14. The van der Waals surface area contributed by atoms with Crippen molar-refractivity contribution in [3.05, 3.63) is 71.0 Å². The Morgan fingerprint density at radius 2 is 1.70 bits per heavy atom. The topological polar surface area (TPSA) is 45.7 Å². The number of ether oxygens (including phenoxy) is 1. The van der Waals surface area contributed by atoms with Crippen LogP contribution in [-0.2, 0) is 4.74 Å². The van der Waals surface area contributed by atoms with Gasteiger partial charge < -0.3 is 15.4 Å². The minimum atomic E-state index is -0.624. The first-order valence-electron chi connectivity index (χ1n) is 8.15. The number of nitrogens with one attached hydrogen (secondary N) is 2. The lowest BCUT2D eigenvalue weighted by molar-refractivity contribution is 0.106. The second kappa shape index (κ2) is 11.1. The van der Waals surface area contributed by atoms with Crippen molar-refractivity contribution >= 4 is 29.9 Å². The molecule has 0 radical (unpaired) electrons. The SMILES string of the molecule is CN=C(NCC(OC)c1ccc(F)cc1)NC(C)c1ccc(F)cc1F.I. The summed E-state index contributed by atoms with van der Waals surface area (Å²) in [4.78, 5) is 4.10. The van der Waals surface area contributed by atoms with Gasteiger partial charge in [0.15, 0.2) is 5.96 Å². The van der Waals surface area contributed by atoms with E-state index in [1.54, 1.807) is 33.2 Å². The van der Waals surface area contributed by atoms with Gasteiger partial charge in [0.2, 0.25) is 0 Å². The minimum absolute atomic E-state index is 0. The van der Waals surface area contributed by atoms with E-state index in [0.29, 0.717) is 18.1 Å². The van der Waals surface area contributed by atoms with Crippen LogP contribution in [0.15, 0.2) is 47.5 Å². The van der Waals surface area contributed by atoms with E-state index in [-0.39, 0.29) is 35.9 Å². The van der Waals surface area contributed by atoms with Crippen molar-refractivity contribution < 1.29 is 17.9 Å². The maximum absolute atomic E-state index is 13.9. The molecule has 2 aromatic carbocycles. The fourth-order valence-electron chi connectivity index (χ4n) is 2.53. The van der Waals surface area contributed by atoms with Gasteiger partial charge in [0.05, 0.1) is 12.1 Å². The highest BCUT2D eigenvalue weighted by Crippen LogP contribution is 2.18. The molecule has 0 aliphatic rings. The lowest BCUT2D eigenvalue weighted by Gasteiger charge is -2.21. The van der Waals surface area contributed by atoms with Crippen molar-refractivity contribution in [1.29, 1.82) is 0 Å². The van der Waals surface area contributed by atoms with Crippen molar-refractivity contribution in [2.75, 3.05) is 20.7 Å². The van der Waals surface area contributed by atoms with Gasteiger partial charge in [-0.25, -0.2) is 13.2 Å². The van der Waals surface area contributed by atoms with Crippen LogP contribution in [0.5, 0.6) is 0 Å². The summed E-state index contributed by atoms with van der Waals surface area (Å²) in [6, 6.07) is 9.07. The van der Waals surface area contributed by atoms with Crippen LogP contribution in [-0.4, -0.2) is 26.7 Å². The summed E-state index contributed by atoms with van der Waals surface area (Å²) < 4.78 is 45.4. The predicted molar refractivity (Wildman–Crippen MR) is 111 cm³/mol. The molecule has 0 fully saturated rings. The largest absolute Gasteiger partial charge is 0.375 e. The van der Waals surface area contributed by atoms with Crippen LogP contribution >= 0.6 is 24.0 Å². The smallest absolute Gasteiger partial charge is 0.191 e. The van der Waals surface area contributed by atoms with E-state index in [1.807, 2.05) is 0 Å². The van der Waals surface area contributed by atoms with Gasteiger partial charge in [0, 0.05) is 32.3 Å². The summed E-state index contributed by atoms with van der Waals surface area (Å²) in [5, 5.41) is 6.13. The number of aliphatic imine (C=N–C) groups is 1. The van der Waals surface area contributed by atoms with Crippen molar-refractivity contribution in [1.82, 2.24) is 10.6 Å². The molecule has 2 aromatic rings.